The summed E-state index contributed by atoms with van der Waals surface area (Å²) in [7, 11) is 0. The highest BCUT2D eigenvalue weighted by atomic mass is 19.4. The van der Waals surface area contributed by atoms with Gasteiger partial charge in [-0.2, -0.15) is 13.2 Å². The van der Waals surface area contributed by atoms with E-state index in [1.807, 2.05) is 0 Å². The molecule has 0 spiro atoms. The van der Waals surface area contributed by atoms with Gasteiger partial charge in [0.1, 0.15) is 0 Å². The number of halogens is 3. The van der Waals surface area contributed by atoms with Gasteiger partial charge in [0.05, 0.1) is 0 Å². The van der Waals surface area contributed by atoms with Crippen LogP contribution in [0.5, 0.6) is 0 Å². The van der Waals surface area contributed by atoms with E-state index in [0.717, 1.165) is 6.54 Å². The smallest absolute Gasteiger partial charge is 0.316 e. The Morgan fingerprint density at radius 3 is 2.50 bits per heavy atom. The molecule has 1 aliphatic rings. The van der Waals surface area contributed by atoms with Crippen LogP contribution in [0.2, 0.25) is 0 Å². The van der Waals surface area contributed by atoms with E-state index >= 15 is 0 Å². The highest BCUT2D eigenvalue weighted by molar-refractivity contribution is 4.73. The number of alkyl halides is 3. The topological polar surface area (TPSA) is 12.0 Å². The summed E-state index contributed by atoms with van der Waals surface area (Å²) in [5.74, 6) is -0.181. The standard InChI is InChI=1S/C6H10F3N/c7-6(8,9)3-5-1-2-10-4-5/h5,10H,1-4H2. The molecule has 1 atom stereocenters. The first-order chi connectivity index (χ1) is 4.58. The zero-order chi connectivity index (χ0) is 7.61. The molecule has 1 fully saturated rings. The van der Waals surface area contributed by atoms with Crippen molar-refractivity contribution in [3.8, 4) is 0 Å². The molecule has 0 aromatic heterocycles. The van der Waals surface area contributed by atoms with Gasteiger partial charge in [0, 0.05) is 6.42 Å². The minimum atomic E-state index is -3.98. The van der Waals surface area contributed by atoms with Gasteiger partial charge in [-0.3, -0.25) is 0 Å². The van der Waals surface area contributed by atoms with Crippen LogP contribution in [-0.2, 0) is 0 Å². The van der Waals surface area contributed by atoms with Gasteiger partial charge in [-0.05, 0) is 25.4 Å². The number of nitrogens with one attached hydrogen (secondary N) is 1. The zero-order valence-corrected chi connectivity index (χ0v) is 5.54. The second-order valence-electron chi connectivity index (χ2n) is 2.68. The minimum absolute atomic E-state index is 0.181. The molecule has 1 unspecified atom stereocenters. The highest BCUT2D eigenvalue weighted by Crippen LogP contribution is 2.27. The van der Waals surface area contributed by atoms with E-state index in [4.69, 9.17) is 0 Å². The van der Waals surface area contributed by atoms with Crippen molar-refractivity contribution in [2.24, 2.45) is 5.92 Å². The van der Waals surface area contributed by atoms with Gasteiger partial charge in [-0.1, -0.05) is 0 Å². The lowest BCUT2D eigenvalue weighted by Crippen LogP contribution is -2.17. The Labute approximate surface area is 57.6 Å². The molecule has 4 heteroatoms. The summed E-state index contributed by atoms with van der Waals surface area (Å²) in [6.45, 7) is 1.26. The summed E-state index contributed by atoms with van der Waals surface area (Å²) in [5, 5.41) is 2.89. The van der Waals surface area contributed by atoms with Gasteiger partial charge in [-0.25, -0.2) is 0 Å². The van der Waals surface area contributed by atoms with E-state index < -0.39 is 12.6 Å². The third kappa shape index (κ3) is 2.56. The van der Waals surface area contributed by atoms with Crippen LogP contribution in [0.1, 0.15) is 12.8 Å². The molecule has 1 nitrogen and oxygen atoms in total. The third-order valence-corrected chi connectivity index (χ3v) is 1.68. The van der Waals surface area contributed by atoms with Crippen molar-refractivity contribution in [2.75, 3.05) is 13.1 Å². The Morgan fingerprint density at radius 2 is 2.10 bits per heavy atom. The van der Waals surface area contributed by atoms with Crippen LogP contribution in [0.3, 0.4) is 0 Å². The van der Waals surface area contributed by atoms with E-state index in [-0.39, 0.29) is 5.92 Å². The minimum Gasteiger partial charge on any atom is -0.316 e. The fraction of sp³-hybridized carbons (Fsp3) is 1.00. The van der Waals surface area contributed by atoms with Crippen molar-refractivity contribution in [3.05, 3.63) is 0 Å². The molecule has 1 rings (SSSR count). The second-order valence-corrected chi connectivity index (χ2v) is 2.68. The summed E-state index contributed by atoms with van der Waals surface area (Å²) < 4.78 is 35.0. The van der Waals surface area contributed by atoms with Gasteiger partial charge >= 0.3 is 6.18 Å². The number of hydrogen-bond donors (Lipinski definition) is 1. The quantitative estimate of drug-likeness (QED) is 0.602. The van der Waals surface area contributed by atoms with Crippen LogP contribution in [0.4, 0.5) is 13.2 Å². The molecule has 60 valence electrons. The fourth-order valence-electron chi connectivity index (χ4n) is 1.22. The molecule has 10 heavy (non-hydrogen) atoms. The molecule has 0 aliphatic carbocycles. The first kappa shape index (κ1) is 7.85. The number of rotatable bonds is 1. The predicted octanol–water partition coefficient (Wildman–Crippen LogP) is 1.55. The fourth-order valence-corrected chi connectivity index (χ4v) is 1.22. The first-order valence-electron chi connectivity index (χ1n) is 3.35. The molecule has 0 saturated carbocycles. The van der Waals surface area contributed by atoms with Crippen molar-refractivity contribution in [3.63, 3.8) is 0 Å². The zero-order valence-electron chi connectivity index (χ0n) is 5.54. The monoisotopic (exact) mass is 153 g/mol. The SMILES string of the molecule is FC(F)(F)CC1CCNC1. The maximum Gasteiger partial charge on any atom is 0.389 e. The first-order valence-corrected chi connectivity index (χ1v) is 3.35. The highest BCUT2D eigenvalue weighted by Gasteiger charge is 2.32. The Kier molecular flexibility index (Phi) is 2.18. The Bertz CT molecular complexity index is 104. The molecule has 0 bridgehead atoms. The van der Waals surface area contributed by atoms with Crippen LogP contribution >= 0.6 is 0 Å². The molecule has 0 radical (unpaired) electrons. The van der Waals surface area contributed by atoms with Gasteiger partial charge in [0.2, 0.25) is 0 Å². The van der Waals surface area contributed by atoms with Crippen molar-refractivity contribution in [1.29, 1.82) is 0 Å². The van der Waals surface area contributed by atoms with E-state index in [0.29, 0.717) is 13.0 Å². The third-order valence-electron chi connectivity index (χ3n) is 1.68. The Morgan fingerprint density at radius 1 is 1.40 bits per heavy atom. The normalized spacial score (nSPS) is 27.3. The van der Waals surface area contributed by atoms with E-state index in [2.05, 4.69) is 5.32 Å². The molecule has 0 amide bonds. The molecule has 1 heterocycles. The summed E-state index contributed by atoms with van der Waals surface area (Å²) in [4.78, 5) is 0. The van der Waals surface area contributed by atoms with Crippen molar-refractivity contribution >= 4 is 0 Å². The van der Waals surface area contributed by atoms with Crippen LogP contribution in [0.15, 0.2) is 0 Å². The summed E-state index contributed by atoms with van der Waals surface area (Å²) in [6.07, 6.45) is -3.93. The Hall–Kier alpha value is -0.250. The van der Waals surface area contributed by atoms with Gasteiger partial charge in [0.15, 0.2) is 0 Å². The summed E-state index contributed by atoms with van der Waals surface area (Å²) in [5.41, 5.74) is 0. The lowest BCUT2D eigenvalue weighted by atomic mass is 10.1. The van der Waals surface area contributed by atoms with Crippen molar-refractivity contribution in [1.82, 2.24) is 5.32 Å². The maximum atomic E-state index is 11.7. The van der Waals surface area contributed by atoms with Gasteiger partial charge in [0.25, 0.3) is 0 Å². The maximum absolute atomic E-state index is 11.7. The number of hydrogen-bond acceptors (Lipinski definition) is 1. The lowest BCUT2D eigenvalue weighted by Gasteiger charge is -2.10. The van der Waals surface area contributed by atoms with E-state index in [1.165, 1.54) is 0 Å². The van der Waals surface area contributed by atoms with E-state index in [1.54, 1.807) is 0 Å². The molecular weight excluding hydrogens is 143 g/mol. The second kappa shape index (κ2) is 2.78. The van der Waals surface area contributed by atoms with Gasteiger partial charge < -0.3 is 5.32 Å². The lowest BCUT2D eigenvalue weighted by molar-refractivity contribution is -0.143. The van der Waals surface area contributed by atoms with Gasteiger partial charge in [-0.15, -0.1) is 0 Å². The Balaban J connectivity index is 2.24. The summed E-state index contributed by atoms with van der Waals surface area (Å²) in [6, 6.07) is 0. The molecule has 0 aromatic carbocycles. The average molecular weight is 153 g/mol. The van der Waals surface area contributed by atoms with Crippen molar-refractivity contribution < 1.29 is 13.2 Å². The van der Waals surface area contributed by atoms with Crippen molar-refractivity contribution in [2.45, 2.75) is 19.0 Å². The van der Waals surface area contributed by atoms with Crippen LogP contribution in [-0.4, -0.2) is 19.3 Å². The molecule has 1 N–H and O–H groups in total. The largest absolute Gasteiger partial charge is 0.389 e. The molecule has 1 aliphatic heterocycles. The summed E-state index contributed by atoms with van der Waals surface area (Å²) >= 11 is 0. The van der Waals surface area contributed by atoms with Crippen LogP contribution in [0.25, 0.3) is 0 Å². The predicted molar refractivity (Wildman–Crippen MR) is 31.6 cm³/mol. The molecular formula is C6H10F3N. The van der Waals surface area contributed by atoms with E-state index in [9.17, 15) is 13.2 Å². The van der Waals surface area contributed by atoms with Crippen LogP contribution in [0, 0.1) is 5.92 Å². The molecule has 1 saturated heterocycles. The average Bonchev–Trinajstić information content (AvgIpc) is 2.12. The van der Waals surface area contributed by atoms with Crippen LogP contribution < -0.4 is 5.32 Å². The molecule has 0 aromatic rings.